The summed E-state index contributed by atoms with van der Waals surface area (Å²) in [5, 5.41) is 21.7. The highest BCUT2D eigenvalue weighted by Crippen LogP contribution is 2.45. The monoisotopic (exact) mass is 461 g/mol. The van der Waals surface area contributed by atoms with Gasteiger partial charge >= 0.3 is 0 Å². The maximum Gasteiger partial charge on any atom is 0.300 e. The summed E-state index contributed by atoms with van der Waals surface area (Å²) < 4.78 is 15.9. The van der Waals surface area contributed by atoms with Crippen LogP contribution in [0.5, 0.6) is 23.0 Å². The number of ether oxygens (including phenoxy) is 3. The molecule has 0 saturated carbocycles. The number of amides is 1. The number of aromatic hydroxyl groups is 1. The molecule has 3 aromatic rings. The minimum Gasteiger partial charge on any atom is -0.507 e. The molecule has 0 radical (unpaired) electrons. The molecule has 1 aliphatic rings. The number of carbonyl (C=O) groups excluding carboxylic acids is 2. The zero-order valence-corrected chi connectivity index (χ0v) is 18.8. The van der Waals surface area contributed by atoms with Crippen LogP contribution in [-0.2, 0) is 9.59 Å². The van der Waals surface area contributed by atoms with Crippen LogP contribution in [0, 0.1) is 0 Å². The van der Waals surface area contributed by atoms with Gasteiger partial charge in [-0.15, -0.1) is 0 Å². The van der Waals surface area contributed by atoms with Crippen LogP contribution < -0.4 is 19.1 Å². The molecule has 1 fully saturated rings. The van der Waals surface area contributed by atoms with Crippen LogP contribution in [0.25, 0.3) is 5.76 Å². The van der Waals surface area contributed by atoms with Gasteiger partial charge in [-0.2, -0.15) is 0 Å². The molecule has 174 valence electrons. The number of rotatable bonds is 6. The number of phenols is 1. The first-order chi connectivity index (χ1) is 16.4. The van der Waals surface area contributed by atoms with Crippen molar-refractivity contribution in [1.82, 2.24) is 0 Å². The molecule has 1 amide bonds. The van der Waals surface area contributed by atoms with Gasteiger partial charge in [0.25, 0.3) is 11.7 Å². The van der Waals surface area contributed by atoms with E-state index >= 15 is 0 Å². The number of para-hydroxylation sites is 2. The molecule has 8 nitrogen and oxygen atoms in total. The van der Waals surface area contributed by atoms with Gasteiger partial charge in [-0.05, 0) is 48.0 Å². The van der Waals surface area contributed by atoms with Crippen molar-refractivity contribution in [3.63, 3.8) is 0 Å². The molecule has 4 rings (SSSR count). The normalized spacial score (nSPS) is 17.0. The molecule has 3 aromatic carbocycles. The second-order valence-corrected chi connectivity index (χ2v) is 7.50. The van der Waals surface area contributed by atoms with Crippen molar-refractivity contribution in [2.24, 2.45) is 0 Å². The van der Waals surface area contributed by atoms with Crippen molar-refractivity contribution in [1.29, 1.82) is 0 Å². The molecule has 0 aliphatic carbocycles. The summed E-state index contributed by atoms with van der Waals surface area (Å²) in [4.78, 5) is 27.6. The molecule has 1 saturated heterocycles. The number of phenolic OH excluding ortho intramolecular Hbond substituents is 1. The summed E-state index contributed by atoms with van der Waals surface area (Å²) in [5.41, 5.74) is 0.794. The largest absolute Gasteiger partial charge is 0.507 e. The molecule has 1 atom stereocenters. The minimum atomic E-state index is -1.02. The number of methoxy groups -OCH3 is 3. The minimum absolute atomic E-state index is 0.131. The molecule has 0 spiro atoms. The SMILES string of the molecule is COc1cccc(C2/C(=C(/O)c3ccc(OC)c(OC)c3)C(=O)C(=O)N2c2ccccc2O)c1. The van der Waals surface area contributed by atoms with E-state index in [0.717, 1.165) is 0 Å². The lowest BCUT2D eigenvalue weighted by Crippen LogP contribution is -2.29. The third kappa shape index (κ3) is 3.79. The number of aliphatic hydroxyl groups excluding tert-OH is 1. The predicted molar refractivity (Wildman–Crippen MR) is 125 cm³/mol. The first-order valence-corrected chi connectivity index (χ1v) is 10.4. The number of hydrogen-bond donors (Lipinski definition) is 2. The lowest BCUT2D eigenvalue weighted by atomic mass is 9.94. The number of hydrogen-bond acceptors (Lipinski definition) is 7. The molecule has 0 aromatic heterocycles. The molecule has 1 aliphatic heterocycles. The van der Waals surface area contributed by atoms with Crippen LogP contribution in [0.2, 0.25) is 0 Å². The topological polar surface area (TPSA) is 106 Å². The van der Waals surface area contributed by atoms with E-state index in [1.807, 2.05) is 0 Å². The van der Waals surface area contributed by atoms with Crippen LogP contribution >= 0.6 is 0 Å². The second kappa shape index (κ2) is 9.19. The maximum absolute atomic E-state index is 13.3. The molecule has 1 unspecified atom stereocenters. The number of nitrogens with zero attached hydrogens (tertiary/aromatic N) is 1. The Morgan fingerprint density at radius 2 is 1.59 bits per heavy atom. The van der Waals surface area contributed by atoms with Crippen molar-refractivity contribution >= 4 is 23.1 Å². The van der Waals surface area contributed by atoms with Crippen molar-refractivity contribution in [3.05, 3.63) is 83.4 Å². The third-order valence-electron chi connectivity index (χ3n) is 5.65. The maximum atomic E-state index is 13.3. The molecule has 0 bridgehead atoms. The van der Waals surface area contributed by atoms with E-state index in [-0.39, 0.29) is 28.3 Å². The summed E-state index contributed by atoms with van der Waals surface area (Å²) in [6.45, 7) is 0. The van der Waals surface area contributed by atoms with Gasteiger partial charge in [0.2, 0.25) is 0 Å². The Labute approximate surface area is 196 Å². The number of benzene rings is 3. The Balaban J connectivity index is 1.97. The highest BCUT2D eigenvalue weighted by atomic mass is 16.5. The van der Waals surface area contributed by atoms with Crippen LogP contribution in [0.3, 0.4) is 0 Å². The standard InChI is InChI=1S/C26H23NO7/c1-32-17-8-6-7-15(13-17)23-22(24(29)16-11-12-20(33-2)21(14-16)34-3)25(30)26(31)27(23)18-9-4-5-10-19(18)28/h4-14,23,28-29H,1-3H3/b24-22-. The van der Waals surface area contributed by atoms with E-state index in [1.165, 1.54) is 44.4 Å². The molecular weight excluding hydrogens is 438 g/mol. The fourth-order valence-electron chi connectivity index (χ4n) is 4.01. The average molecular weight is 461 g/mol. The molecular formula is C26H23NO7. The smallest absolute Gasteiger partial charge is 0.300 e. The lowest BCUT2D eigenvalue weighted by molar-refractivity contribution is -0.132. The van der Waals surface area contributed by atoms with Crippen LogP contribution in [0.15, 0.2) is 72.3 Å². The van der Waals surface area contributed by atoms with Crippen LogP contribution in [-0.4, -0.2) is 43.2 Å². The summed E-state index contributed by atoms with van der Waals surface area (Å²) in [6.07, 6.45) is 0. The number of ketones is 1. The average Bonchev–Trinajstić information content (AvgIpc) is 3.13. The number of aliphatic hydroxyl groups is 1. The number of anilines is 1. The molecule has 1 heterocycles. The van der Waals surface area contributed by atoms with E-state index in [1.54, 1.807) is 48.5 Å². The fraction of sp³-hybridized carbons (Fsp3) is 0.154. The van der Waals surface area contributed by atoms with Gasteiger partial charge in [0.1, 0.15) is 17.3 Å². The summed E-state index contributed by atoms with van der Waals surface area (Å²) in [7, 11) is 4.44. The lowest BCUT2D eigenvalue weighted by Gasteiger charge is -2.26. The van der Waals surface area contributed by atoms with Crippen molar-refractivity contribution < 1.29 is 34.0 Å². The highest BCUT2D eigenvalue weighted by Gasteiger charge is 2.47. The molecule has 2 N–H and O–H groups in total. The van der Waals surface area contributed by atoms with Gasteiger partial charge in [-0.25, -0.2) is 0 Å². The summed E-state index contributed by atoms with van der Waals surface area (Å²) in [6, 6.07) is 16.7. The Bertz CT molecular complexity index is 1300. The number of carbonyl (C=O) groups is 2. The zero-order valence-electron chi connectivity index (χ0n) is 18.8. The van der Waals surface area contributed by atoms with E-state index < -0.39 is 17.7 Å². The summed E-state index contributed by atoms with van der Waals surface area (Å²) in [5.74, 6) is -1.03. The van der Waals surface area contributed by atoms with E-state index in [9.17, 15) is 19.8 Å². The first kappa shape index (κ1) is 22.7. The van der Waals surface area contributed by atoms with Gasteiger partial charge in [-0.3, -0.25) is 14.5 Å². The van der Waals surface area contributed by atoms with Gasteiger partial charge in [0.15, 0.2) is 11.5 Å². The van der Waals surface area contributed by atoms with E-state index in [4.69, 9.17) is 14.2 Å². The summed E-state index contributed by atoms with van der Waals surface area (Å²) >= 11 is 0. The quantitative estimate of drug-likeness (QED) is 0.324. The Morgan fingerprint density at radius 1 is 0.853 bits per heavy atom. The van der Waals surface area contributed by atoms with Crippen LogP contribution in [0.1, 0.15) is 17.2 Å². The van der Waals surface area contributed by atoms with E-state index in [2.05, 4.69) is 0 Å². The molecule has 34 heavy (non-hydrogen) atoms. The van der Waals surface area contributed by atoms with Gasteiger partial charge < -0.3 is 24.4 Å². The number of Topliss-reactive ketones (excluding diaryl/α,β-unsaturated/α-hetero) is 1. The van der Waals surface area contributed by atoms with Crippen molar-refractivity contribution in [3.8, 4) is 23.0 Å². The van der Waals surface area contributed by atoms with E-state index in [0.29, 0.717) is 22.8 Å². The Hall–Kier alpha value is -4.46. The predicted octanol–water partition coefficient (Wildman–Crippen LogP) is 4.04. The molecule has 8 heteroatoms. The van der Waals surface area contributed by atoms with Crippen molar-refractivity contribution in [2.45, 2.75) is 6.04 Å². The van der Waals surface area contributed by atoms with Crippen molar-refractivity contribution in [2.75, 3.05) is 26.2 Å². The fourth-order valence-corrected chi connectivity index (χ4v) is 4.01. The first-order valence-electron chi connectivity index (χ1n) is 10.4. The second-order valence-electron chi connectivity index (χ2n) is 7.50. The van der Waals surface area contributed by atoms with Gasteiger partial charge in [0.05, 0.1) is 38.6 Å². The Kier molecular flexibility index (Phi) is 6.14. The Morgan fingerprint density at radius 3 is 2.26 bits per heavy atom. The highest BCUT2D eigenvalue weighted by molar-refractivity contribution is 6.51. The van der Waals surface area contributed by atoms with Crippen LogP contribution in [0.4, 0.5) is 5.69 Å². The van der Waals surface area contributed by atoms with Gasteiger partial charge in [0, 0.05) is 5.56 Å². The van der Waals surface area contributed by atoms with Gasteiger partial charge in [-0.1, -0.05) is 24.3 Å². The third-order valence-corrected chi connectivity index (χ3v) is 5.65. The zero-order chi connectivity index (χ0) is 24.4.